The molecule has 1 aliphatic rings. The van der Waals surface area contributed by atoms with Gasteiger partial charge >= 0.3 is 0 Å². The molecule has 21 heavy (non-hydrogen) atoms. The fourth-order valence-corrected chi connectivity index (χ4v) is 2.91. The monoisotopic (exact) mass is 286 g/mol. The van der Waals surface area contributed by atoms with Crippen LogP contribution in [0.5, 0.6) is 0 Å². The highest BCUT2D eigenvalue weighted by Gasteiger charge is 2.21. The molecule has 0 aliphatic heterocycles. The summed E-state index contributed by atoms with van der Waals surface area (Å²) >= 11 is 0. The molecular weight excluding hydrogens is 264 g/mol. The van der Waals surface area contributed by atoms with E-state index in [4.69, 9.17) is 0 Å². The molecule has 0 aromatic carbocycles. The number of imidazole rings is 1. The number of hydrogen-bond acceptors (Lipinski definition) is 3. The van der Waals surface area contributed by atoms with E-state index in [1.807, 2.05) is 33.2 Å². The maximum Gasteiger partial charge on any atom is 0.253 e. The van der Waals surface area contributed by atoms with Gasteiger partial charge in [-0.25, -0.2) is 9.97 Å². The van der Waals surface area contributed by atoms with Crippen LogP contribution in [-0.2, 0) is 0 Å². The van der Waals surface area contributed by atoms with E-state index in [-0.39, 0.29) is 11.4 Å². The van der Waals surface area contributed by atoms with Crippen LogP contribution < -0.4 is 5.32 Å². The first-order valence-electron chi connectivity index (χ1n) is 7.59. The number of carbonyl (C=O) groups excluding carboxylic acids is 1. The topological polar surface area (TPSA) is 59.8 Å². The fourth-order valence-electron chi connectivity index (χ4n) is 2.91. The second-order valence-electron chi connectivity index (χ2n) is 6.86. The Morgan fingerprint density at radius 2 is 2.00 bits per heavy atom. The van der Waals surface area contributed by atoms with Crippen LogP contribution >= 0.6 is 0 Å². The van der Waals surface area contributed by atoms with Crippen LogP contribution in [0, 0.1) is 0 Å². The summed E-state index contributed by atoms with van der Waals surface area (Å²) in [5.74, 6) is -0.104. The summed E-state index contributed by atoms with van der Waals surface area (Å²) in [5, 5.41) is 2.95. The van der Waals surface area contributed by atoms with E-state index in [1.54, 1.807) is 6.20 Å². The zero-order chi connectivity index (χ0) is 15.0. The molecular formula is C16H22N4O. The first kappa shape index (κ1) is 14.0. The molecule has 0 bridgehead atoms. The third-order valence-corrected chi connectivity index (χ3v) is 3.88. The van der Waals surface area contributed by atoms with Crippen molar-refractivity contribution in [2.75, 3.05) is 0 Å². The van der Waals surface area contributed by atoms with Gasteiger partial charge in [0.15, 0.2) is 5.65 Å². The number of fused-ring (bicyclic) bond motifs is 1. The number of aromatic nitrogens is 3. The van der Waals surface area contributed by atoms with E-state index in [0.29, 0.717) is 11.6 Å². The molecule has 1 saturated carbocycles. The van der Waals surface area contributed by atoms with Crippen LogP contribution in [0.15, 0.2) is 18.6 Å². The average Bonchev–Trinajstić information content (AvgIpc) is 3.04. The largest absolute Gasteiger partial charge is 0.347 e. The van der Waals surface area contributed by atoms with Gasteiger partial charge in [-0.2, -0.15) is 0 Å². The SMILES string of the molecule is CC(C)(C)NC(=O)c1cnc2c(c1)ncn2C1CCCC1. The Bertz CT molecular complexity index is 662. The number of nitrogens with zero attached hydrogens (tertiary/aromatic N) is 3. The molecule has 2 aromatic heterocycles. The van der Waals surface area contributed by atoms with Crippen molar-refractivity contribution in [2.45, 2.75) is 58.0 Å². The van der Waals surface area contributed by atoms with Crippen molar-refractivity contribution in [3.63, 3.8) is 0 Å². The standard InChI is InChI=1S/C16H22N4O/c1-16(2,3)19-15(21)11-8-13-14(17-9-11)20(10-18-13)12-6-4-5-7-12/h8-10,12H,4-7H2,1-3H3,(H,19,21). The maximum absolute atomic E-state index is 12.2. The summed E-state index contributed by atoms with van der Waals surface area (Å²) in [5.41, 5.74) is 1.99. The number of carbonyl (C=O) groups is 1. The minimum absolute atomic E-state index is 0.104. The average molecular weight is 286 g/mol. The summed E-state index contributed by atoms with van der Waals surface area (Å²) in [6, 6.07) is 2.34. The Balaban J connectivity index is 1.89. The highest BCUT2D eigenvalue weighted by Crippen LogP contribution is 2.31. The van der Waals surface area contributed by atoms with Crippen LogP contribution in [0.25, 0.3) is 11.2 Å². The first-order valence-corrected chi connectivity index (χ1v) is 7.59. The lowest BCUT2D eigenvalue weighted by atomic mass is 10.1. The lowest BCUT2D eigenvalue weighted by molar-refractivity contribution is 0.0919. The molecule has 3 rings (SSSR count). The number of nitrogens with one attached hydrogen (secondary N) is 1. The fraction of sp³-hybridized carbons (Fsp3) is 0.562. The number of pyridine rings is 1. The Kier molecular flexibility index (Phi) is 3.43. The maximum atomic E-state index is 12.2. The molecule has 1 amide bonds. The van der Waals surface area contributed by atoms with E-state index in [1.165, 1.54) is 25.7 Å². The third kappa shape index (κ3) is 2.91. The summed E-state index contributed by atoms with van der Waals surface area (Å²) in [6.45, 7) is 5.89. The van der Waals surface area contributed by atoms with Gasteiger partial charge in [0.2, 0.25) is 0 Å². The van der Waals surface area contributed by atoms with Crippen LogP contribution in [-0.4, -0.2) is 26.0 Å². The number of rotatable bonds is 2. The van der Waals surface area contributed by atoms with Gasteiger partial charge in [0.25, 0.3) is 5.91 Å². The zero-order valence-electron chi connectivity index (χ0n) is 12.9. The van der Waals surface area contributed by atoms with Gasteiger partial charge in [-0.15, -0.1) is 0 Å². The minimum Gasteiger partial charge on any atom is -0.347 e. The molecule has 1 aliphatic carbocycles. The van der Waals surface area contributed by atoms with Crippen LogP contribution in [0.4, 0.5) is 0 Å². The van der Waals surface area contributed by atoms with Gasteiger partial charge in [0, 0.05) is 17.8 Å². The predicted molar refractivity (Wildman–Crippen MR) is 82.3 cm³/mol. The Morgan fingerprint density at radius 1 is 1.29 bits per heavy atom. The van der Waals surface area contributed by atoms with E-state index in [2.05, 4.69) is 19.9 Å². The quantitative estimate of drug-likeness (QED) is 0.923. The van der Waals surface area contributed by atoms with Gasteiger partial charge in [0.1, 0.15) is 5.52 Å². The highest BCUT2D eigenvalue weighted by atomic mass is 16.1. The van der Waals surface area contributed by atoms with Crippen molar-refractivity contribution in [1.29, 1.82) is 0 Å². The van der Waals surface area contributed by atoms with Crippen LogP contribution in [0.1, 0.15) is 62.9 Å². The van der Waals surface area contributed by atoms with Gasteiger partial charge in [-0.1, -0.05) is 12.8 Å². The lowest BCUT2D eigenvalue weighted by Gasteiger charge is -2.20. The van der Waals surface area contributed by atoms with Gasteiger partial charge < -0.3 is 9.88 Å². The zero-order valence-corrected chi connectivity index (χ0v) is 12.9. The molecule has 1 fully saturated rings. The number of amides is 1. The van der Waals surface area contributed by atoms with E-state index >= 15 is 0 Å². The van der Waals surface area contributed by atoms with Gasteiger partial charge in [-0.3, -0.25) is 4.79 Å². The molecule has 0 radical (unpaired) electrons. The molecule has 112 valence electrons. The van der Waals surface area contributed by atoms with Crippen molar-refractivity contribution in [1.82, 2.24) is 19.9 Å². The molecule has 5 heteroatoms. The van der Waals surface area contributed by atoms with Crippen LogP contribution in [0.3, 0.4) is 0 Å². The summed E-state index contributed by atoms with van der Waals surface area (Å²) < 4.78 is 2.16. The van der Waals surface area contributed by atoms with Crippen LogP contribution in [0.2, 0.25) is 0 Å². The van der Waals surface area contributed by atoms with E-state index < -0.39 is 0 Å². The van der Waals surface area contributed by atoms with E-state index in [0.717, 1.165) is 11.2 Å². The third-order valence-electron chi connectivity index (χ3n) is 3.88. The normalized spacial score (nSPS) is 16.5. The molecule has 0 saturated heterocycles. The molecule has 2 aromatic rings. The molecule has 0 unspecified atom stereocenters. The van der Waals surface area contributed by atoms with Crippen molar-refractivity contribution in [2.24, 2.45) is 0 Å². The smallest absolute Gasteiger partial charge is 0.253 e. The molecule has 0 atom stereocenters. The van der Waals surface area contributed by atoms with Gasteiger partial charge in [-0.05, 0) is 39.7 Å². The summed E-state index contributed by atoms with van der Waals surface area (Å²) in [6.07, 6.45) is 8.45. The minimum atomic E-state index is -0.255. The van der Waals surface area contributed by atoms with Crippen molar-refractivity contribution in [3.8, 4) is 0 Å². The second-order valence-corrected chi connectivity index (χ2v) is 6.86. The Morgan fingerprint density at radius 3 is 2.67 bits per heavy atom. The molecule has 1 N–H and O–H groups in total. The summed E-state index contributed by atoms with van der Waals surface area (Å²) in [7, 11) is 0. The van der Waals surface area contributed by atoms with Gasteiger partial charge in [0.05, 0.1) is 11.9 Å². The molecule has 0 spiro atoms. The Labute approximate surface area is 124 Å². The highest BCUT2D eigenvalue weighted by molar-refractivity contribution is 5.96. The molecule has 2 heterocycles. The second kappa shape index (κ2) is 5.13. The molecule has 5 nitrogen and oxygen atoms in total. The summed E-state index contributed by atoms with van der Waals surface area (Å²) in [4.78, 5) is 21.1. The predicted octanol–water partition coefficient (Wildman–Crippen LogP) is 3.07. The van der Waals surface area contributed by atoms with E-state index in [9.17, 15) is 4.79 Å². The van der Waals surface area contributed by atoms with Crippen molar-refractivity contribution in [3.05, 3.63) is 24.2 Å². The Hall–Kier alpha value is -1.91. The number of hydrogen-bond donors (Lipinski definition) is 1. The lowest BCUT2D eigenvalue weighted by Crippen LogP contribution is -2.40. The first-order chi connectivity index (χ1) is 9.94. The van der Waals surface area contributed by atoms with Crippen molar-refractivity contribution >= 4 is 17.1 Å². The van der Waals surface area contributed by atoms with Crippen molar-refractivity contribution < 1.29 is 4.79 Å².